The molecule has 0 aromatic carbocycles. The average molecular weight is 363 g/mol. The average Bonchev–Trinajstić information content (AvgIpc) is 2.55. The molecule has 1 rings (SSSR count). The number of hydrogen-bond acceptors (Lipinski definition) is 4. The van der Waals surface area contributed by atoms with Gasteiger partial charge in [0.1, 0.15) is 5.82 Å². The molecule has 0 unspecified atom stereocenters. The summed E-state index contributed by atoms with van der Waals surface area (Å²) in [5, 5.41) is 10.6. The van der Waals surface area contributed by atoms with Crippen LogP contribution in [0, 0.1) is 28.6 Å². The summed E-state index contributed by atoms with van der Waals surface area (Å²) >= 11 is 5.83. The summed E-state index contributed by atoms with van der Waals surface area (Å²) in [7, 11) is 0. The van der Waals surface area contributed by atoms with E-state index < -0.39 is 0 Å². The van der Waals surface area contributed by atoms with Gasteiger partial charge in [0.05, 0.1) is 5.56 Å². The van der Waals surface area contributed by atoms with Crippen molar-refractivity contribution in [2.75, 3.05) is 11.9 Å². The molecule has 4 nitrogen and oxygen atoms in total. The molecule has 25 heavy (non-hydrogen) atoms. The minimum absolute atomic E-state index is 0.117. The highest BCUT2D eigenvalue weighted by molar-refractivity contribution is 6.28. The van der Waals surface area contributed by atoms with E-state index in [4.69, 9.17) is 17.0 Å². The number of aromatic nitrogens is 2. The van der Waals surface area contributed by atoms with Crippen LogP contribution in [-0.4, -0.2) is 22.7 Å². The van der Waals surface area contributed by atoms with E-state index >= 15 is 0 Å². The van der Waals surface area contributed by atoms with Crippen molar-refractivity contribution in [2.24, 2.45) is 11.3 Å². The zero-order valence-electron chi connectivity index (χ0n) is 16.5. The molecule has 0 saturated heterocycles. The van der Waals surface area contributed by atoms with E-state index in [0.29, 0.717) is 17.0 Å². The third-order valence-electron chi connectivity index (χ3n) is 3.17. The molecule has 0 aliphatic rings. The van der Waals surface area contributed by atoms with Crippen LogP contribution in [0.2, 0.25) is 5.28 Å². The summed E-state index contributed by atoms with van der Waals surface area (Å²) in [5.74, 6) is 7.36. The number of rotatable bonds is 4. The molecule has 138 valence electrons. The molecule has 0 aliphatic heterocycles. The van der Waals surface area contributed by atoms with Crippen molar-refractivity contribution in [1.82, 2.24) is 9.97 Å². The predicted octanol–water partition coefficient (Wildman–Crippen LogP) is 5.59. The summed E-state index contributed by atoms with van der Waals surface area (Å²) in [4.78, 5) is 8.12. The quantitative estimate of drug-likeness (QED) is 0.417. The van der Waals surface area contributed by atoms with Crippen LogP contribution < -0.4 is 5.32 Å². The third kappa shape index (κ3) is 11.3. The summed E-state index contributed by atoms with van der Waals surface area (Å²) < 4.78 is 0. The van der Waals surface area contributed by atoms with Gasteiger partial charge < -0.3 is 10.7 Å². The zero-order valence-corrected chi connectivity index (χ0v) is 17.3. The Morgan fingerprint density at radius 1 is 1.40 bits per heavy atom. The smallest absolute Gasteiger partial charge is 0.224 e. The van der Waals surface area contributed by atoms with Gasteiger partial charge in [-0.1, -0.05) is 65.9 Å². The third-order valence-corrected chi connectivity index (χ3v) is 3.35. The highest BCUT2D eigenvalue weighted by Gasteiger charge is 2.12. The van der Waals surface area contributed by atoms with Gasteiger partial charge in [-0.3, -0.25) is 0 Å². The van der Waals surface area contributed by atoms with E-state index in [2.05, 4.69) is 68.7 Å². The van der Waals surface area contributed by atoms with E-state index in [1.807, 2.05) is 6.92 Å². The van der Waals surface area contributed by atoms with E-state index in [1.54, 1.807) is 12.3 Å². The van der Waals surface area contributed by atoms with Gasteiger partial charge in [0.2, 0.25) is 5.28 Å². The number of nitrogens with zero attached hydrogens (tertiary/aromatic N) is 2. The number of anilines is 1. The van der Waals surface area contributed by atoms with E-state index in [0.717, 1.165) is 12.5 Å². The molecule has 0 radical (unpaired) electrons. The lowest BCUT2D eigenvalue weighted by Gasteiger charge is -2.19. The van der Waals surface area contributed by atoms with Gasteiger partial charge in [0.15, 0.2) is 0 Å². The van der Waals surface area contributed by atoms with Gasteiger partial charge in [-0.25, -0.2) is 4.98 Å². The number of hydrogen-bond donors (Lipinski definition) is 2. The summed E-state index contributed by atoms with van der Waals surface area (Å²) in [6.45, 7) is 15.6. The van der Waals surface area contributed by atoms with Crippen LogP contribution in [0.1, 0.15) is 60.5 Å². The van der Waals surface area contributed by atoms with Gasteiger partial charge in [-0.15, -0.1) is 0 Å². The summed E-state index contributed by atoms with van der Waals surface area (Å²) in [6, 6.07) is 0. The van der Waals surface area contributed by atoms with Crippen LogP contribution in [0.25, 0.3) is 0 Å². The lowest BCUT2D eigenvalue weighted by Crippen LogP contribution is -2.20. The van der Waals surface area contributed by atoms with E-state index in [1.165, 1.54) is 12.6 Å². The van der Waals surface area contributed by atoms with Crippen LogP contribution in [0.5, 0.6) is 0 Å². The maximum atomic E-state index is 7.21. The molecule has 0 spiro atoms. The lowest BCUT2D eigenvalue weighted by atomic mass is 9.97. The van der Waals surface area contributed by atoms with Gasteiger partial charge in [0.25, 0.3) is 0 Å². The Morgan fingerprint density at radius 3 is 2.44 bits per heavy atom. The molecule has 1 heterocycles. The Bertz CT molecular complexity index is 631. The first kappa shape index (κ1) is 23.1. The second-order valence-corrected chi connectivity index (χ2v) is 7.59. The topological polar surface area (TPSA) is 61.7 Å². The second-order valence-electron chi connectivity index (χ2n) is 7.26. The van der Waals surface area contributed by atoms with Gasteiger partial charge in [-0.05, 0) is 29.9 Å². The van der Waals surface area contributed by atoms with Crippen LogP contribution in [0.4, 0.5) is 5.82 Å². The minimum atomic E-state index is 0.117. The van der Waals surface area contributed by atoms with Crippen LogP contribution in [0.15, 0.2) is 17.8 Å². The van der Waals surface area contributed by atoms with Crippen molar-refractivity contribution in [1.29, 1.82) is 5.41 Å². The van der Waals surface area contributed by atoms with Crippen molar-refractivity contribution >= 4 is 23.6 Å². The fourth-order valence-corrected chi connectivity index (χ4v) is 1.40. The molecule has 0 bridgehead atoms. The molecule has 0 fully saturated rings. The second kappa shape index (κ2) is 11.7. The van der Waals surface area contributed by atoms with E-state index in [-0.39, 0.29) is 10.7 Å². The van der Waals surface area contributed by atoms with Gasteiger partial charge >= 0.3 is 0 Å². The highest BCUT2D eigenvalue weighted by atomic mass is 35.5. The molecule has 0 aliphatic carbocycles. The Hall–Kier alpha value is -1.86. The normalized spacial score (nSPS) is 11.2. The Kier molecular flexibility index (Phi) is 10.8. The van der Waals surface area contributed by atoms with Crippen LogP contribution in [0.3, 0.4) is 0 Å². The Morgan fingerprint density at radius 2 is 2.00 bits per heavy atom. The number of nitrogens with one attached hydrogen (secondary N) is 2. The largest absolute Gasteiger partial charge is 0.368 e. The standard InChI is InChI=1S/C15H19ClN4.C5H12/c1-5-11(8-17)6-7-12-9-18-14(16)20-13(12)19-10-15(2,3)4;1-4-5(2)3/h5,8-9,17H,10H2,1-4H3,(H,18,19,20);5H,4H2,1-3H3/b11-5-,17-8?;. The lowest BCUT2D eigenvalue weighted by molar-refractivity contribution is 0.442. The molecule has 0 amide bonds. The van der Waals surface area contributed by atoms with Crippen molar-refractivity contribution in [2.45, 2.75) is 54.9 Å². The van der Waals surface area contributed by atoms with Crippen molar-refractivity contribution in [3.63, 3.8) is 0 Å². The van der Waals surface area contributed by atoms with E-state index in [9.17, 15) is 0 Å². The molecule has 5 heteroatoms. The molecular weight excluding hydrogens is 332 g/mol. The van der Waals surface area contributed by atoms with Gasteiger partial charge in [0, 0.05) is 24.5 Å². The van der Waals surface area contributed by atoms with Crippen molar-refractivity contribution < 1.29 is 0 Å². The summed E-state index contributed by atoms with van der Waals surface area (Å²) in [6.07, 6.45) is 5.88. The molecule has 0 atom stereocenters. The Balaban J connectivity index is 0.00000101. The van der Waals surface area contributed by atoms with Gasteiger partial charge in [-0.2, -0.15) is 4.98 Å². The SMILES string of the molecule is C/C=C(/C#Cc1cnc(Cl)nc1NCC(C)(C)C)C=N.CCC(C)C. The Labute approximate surface area is 158 Å². The number of allylic oxidation sites excluding steroid dienone is 2. The first-order valence-electron chi connectivity index (χ1n) is 8.58. The van der Waals surface area contributed by atoms with Crippen LogP contribution >= 0.6 is 11.6 Å². The number of halogens is 1. The monoisotopic (exact) mass is 362 g/mol. The first-order valence-corrected chi connectivity index (χ1v) is 8.96. The molecule has 1 aromatic rings. The molecular formula is C20H31ClN4. The van der Waals surface area contributed by atoms with Crippen molar-refractivity contribution in [3.05, 3.63) is 28.7 Å². The molecule has 0 saturated carbocycles. The highest BCUT2D eigenvalue weighted by Crippen LogP contribution is 2.17. The fourth-order valence-electron chi connectivity index (χ4n) is 1.27. The maximum absolute atomic E-state index is 7.21. The molecule has 2 N–H and O–H groups in total. The first-order chi connectivity index (χ1) is 11.6. The maximum Gasteiger partial charge on any atom is 0.224 e. The zero-order chi connectivity index (χ0) is 19.5. The summed E-state index contributed by atoms with van der Waals surface area (Å²) in [5.41, 5.74) is 1.42. The fraction of sp³-hybridized carbons (Fsp3) is 0.550. The minimum Gasteiger partial charge on any atom is -0.368 e. The van der Waals surface area contributed by atoms with Crippen LogP contribution in [-0.2, 0) is 0 Å². The van der Waals surface area contributed by atoms with Crippen molar-refractivity contribution in [3.8, 4) is 11.8 Å². The predicted molar refractivity (Wildman–Crippen MR) is 110 cm³/mol. The molecule has 1 aromatic heterocycles.